The Balaban J connectivity index is 2.52. The Morgan fingerprint density at radius 3 is 2.62 bits per heavy atom. The third-order valence-electron chi connectivity index (χ3n) is 2.82. The fourth-order valence-electron chi connectivity index (χ4n) is 1.84. The second kappa shape index (κ2) is 7.10. The molecule has 0 aliphatic carbocycles. The van der Waals surface area contributed by atoms with Gasteiger partial charge in [-0.05, 0) is 24.5 Å². The fourth-order valence-corrected chi connectivity index (χ4v) is 1.84. The van der Waals surface area contributed by atoms with Gasteiger partial charge in [-0.3, -0.25) is 0 Å². The van der Waals surface area contributed by atoms with Gasteiger partial charge in [0, 0.05) is 5.56 Å². The van der Waals surface area contributed by atoms with Crippen LogP contribution >= 0.6 is 0 Å². The maximum absolute atomic E-state index is 5.33. The molecule has 0 N–H and O–H groups in total. The summed E-state index contributed by atoms with van der Waals surface area (Å²) in [6, 6.07) is 8.11. The molecule has 0 aromatic heterocycles. The van der Waals surface area contributed by atoms with E-state index in [1.807, 2.05) is 18.2 Å². The monoisotopic (exact) mass is 218 g/mol. The molecule has 1 rings (SSSR count). The number of rotatable bonds is 7. The van der Waals surface area contributed by atoms with Crippen molar-refractivity contribution in [3.63, 3.8) is 0 Å². The maximum Gasteiger partial charge on any atom is 0.126 e. The topological polar surface area (TPSA) is 9.23 Å². The molecular weight excluding hydrogens is 196 g/mol. The summed E-state index contributed by atoms with van der Waals surface area (Å²) in [6.45, 7) is 6.38. The molecule has 0 amide bonds. The van der Waals surface area contributed by atoms with Gasteiger partial charge in [-0.25, -0.2) is 0 Å². The van der Waals surface area contributed by atoms with E-state index >= 15 is 0 Å². The molecular formula is C15H22O. The summed E-state index contributed by atoms with van der Waals surface area (Å²) < 4.78 is 5.33. The van der Waals surface area contributed by atoms with E-state index in [4.69, 9.17) is 4.74 Å². The Morgan fingerprint density at radius 1 is 1.19 bits per heavy atom. The molecule has 0 bridgehead atoms. The molecule has 0 unspecified atom stereocenters. The van der Waals surface area contributed by atoms with Crippen molar-refractivity contribution in [3.05, 3.63) is 36.4 Å². The summed E-state index contributed by atoms with van der Waals surface area (Å²) in [5.74, 6) is 0.933. The highest BCUT2D eigenvalue weighted by Gasteiger charge is 2.04. The Kier molecular flexibility index (Phi) is 5.69. The number of hydrogen-bond acceptors (Lipinski definition) is 1. The quantitative estimate of drug-likeness (QED) is 0.604. The smallest absolute Gasteiger partial charge is 0.126 e. The van der Waals surface area contributed by atoms with Crippen LogP contribution in [0.4, 0.5) is 0 Å². The minimum Gasteiger partial charge on any atom is -0.496 e. The first-order valence-electron chi connectivity index (χ1n) is 6.10. The second-order valence-electron chi connectivity index (χ2n) is 4.11. The highest BCUT2D eigenvalue weighted by molar-refractivity contribution is 5.68. The van der Waals surface area contributed by atoms with E-state index in [9.17, 15) is 0 Å². The summed E-state index contributed by atoms with van der Waals surface area (Å²) >= 11 is 0. The number of allylic oxidation sites excluding steroid dienone is 1. The molecule has 16 heavy (non-hydrogen) atoms. The van der Waals surface area contributed by atoms with E-state index < -0.39 is 0 Å². The van der Waals surface area contributed by atoms with E-state index in [2.05, 4.69) is 19.6 Å². The second-order valence-corrected chi connectivity index (χ2v) is 4.11. The summed E-state index contributed by atoms with van der Waals surface area (Å²) in [6.07, 6.45) is 6.19. The van der Waals surface area contributed by atoms with Crippen LogP contribution in [0.5, 0.6) is 5.75 Å². The van der Waals surface area contributed by atoms with Crippen molar-refractivity contribution in [2.75, 3.05) is 7.11 Å². The third kappa shape index (κ3) is 3.73. The molecule has 1 aromatic carbocycles. The molecule has 0 heterocycles. The van der Waals surface area contributed by atoms with Crippen molar-refractivity contribution in [3.8, 4) is 5.75 Å². The number of para-hydroxylation sites is 1. The van der Waals surface area contributed by atoms with Crippen LogP contribution in [0.3, 0.4) is 0 Å². The molecule has 0 atom stereocenters. The van der Waals surface area contributed by atoms with E-state index in [0.29, 0.717) is 0 Å². The Bertz CT molecular complexity index is 328. The van der Waals surface area contributed by atoms with Gasteiger partial charge < -0.3 is 4.74 Å². The van der Waals surface area contributed by atoms with E-state index in [-0.39, 0.29) is 0 Å². The van der Waals surface area contributed by atoms with E-state index in [1.54, 1.807) is 7.11 Å². The zero-order valence-electron chi connectivity index (χ0n) is 10.5. The Morgan fingerprint density at radius 2 is 1.94 bits per heavy atom. The predicted molar refractivity (Wildman–Crippen MR) is 70.8 cm³/mol. The highest BCUT2D eigenvalue weighted by Crippen LogP contribution is 2.27. The lowest BCUT2D eigenvalue weighted by Gasteiger charge is -2.10. The van der Waals surface area contributed by atoms with Gasteiger partial charge in [0.25, 0.3) is 0 Å². The minimum absolute atomic E-state index is 0.933. The van der Waals surface area contributed by atoms with Crippen LogP contribution in [-0.4, -0.2) is 7.11 Å². The summed E-state index contributed by atoms with van der Waals surface area (Å²) in [5.41, 5.74) is 2.34. The standard InChI is InChI=1S/C15H22O/c1-4-5-6-7-10-13(2)14-11-8-9-12-15(14)16-3/h8-9,11-12H,2,4-7,10H2,1,3H3. The number of ether oxygens (including phenoxy) is 1. The largest absolute Gasteiger partial charge is 0.496 e. The molecule has 0 spiro atoms. The molecule has 0 fully saturated rings. The Labute approximate surface area is 99.1 Å². The van der Waals surface area contributed by atoms with Gasteiger partial charge in [0.15, 0.2) is 0 Å². The molecule has 0 aliphatic rings. The summed E-state index contributed by atoms with van der Waals surface area (Å²) in [4.78, 5) is 0. The molecule has 0 saturated carbocycles. The number of methoxy groups -OCH3 is 1. The summed E-state index contributed by atoms with van der Waals surface area (Å²) in [5, 5.41) is 0. The number of hydrogen-bond donors (Lipinski definition) is 0. The normalized spacial score (nSPS) is 10.1. The zero-order chi connectivity index (χ0) is 11.8. The van der Waals surface area contributed by atoms with Crippen molar-refractivity contribution in [1.82, 2.24) is 0 Å². The van der Waals surface area contributed by atoms with Gasteiger partial charge in [0.05, 0.1) is 7.11 Å². The molecule has 1 nitrogen and oxygen atoms in total. The summed E-state index contributed by atoms with van der Waals surface area (Å²) in [7, 11) is 1.71. The van der Waals surface area contributed by atoms with Crippen LogP contribution in [0.25, 0.3) is 5.57 Å². The lowest BCUT2D eigenvalue weighted by molar-refractivity contribution is 0.413. The highest BCUT2D eigenvalue weighted by atomic mass is 16.5. The predicted octanol–water partition coefficient (Wildman–Crippen LogP) is 4.68. The van der Waals surface area contributed by atoms with E-state index in [1.165, 1.54) is 31.3 Å². The fraction of sp³-hybridized carbons (Fsp3) is 0.467. The van der Waals surface area contributed by atoms with Crippen LogP contribution in [0, 0.1) is 0 Å². The lowest BCUT2D eigenvalue weighted by atomic mass is 10.00. The van der Waals surface area contributed by atoms with E-state index in [0.717, 1.165) is 17.7 Å². The van der Waals surface area contributed by atoms with Gasteiger partial charge in [-0.2, -0.15) is 0 Å². The third-order valence-corrected chi connectivity index (χ3v) is 2.82. The van der Waals surface area contributed by atoms with Crippen LogP contribution in [0.15, 0.2) is 30.8 Å². The van der Waals surface area contributed by atoms with Gasteiger partial charge in [0.2, 0.25) is 0 Å². The number of benzene rings is 1. The van der Waals surface area contributed by atoms with Gasteiger partial charge in [-0.1, -0.05) is 51.0 Å². The molecule has 1 aromatic rings. The molecule has 0 radical (unpaired) electrons. The zero-order valence-corrected chi connectivity index (χ0v) is 10.5. The number of unbranched alkanes of at least 4 members (excludes halogenated alkanes) is 3. The maximum atomic E-state index is 5.33. The van der Waals surface area contributed by atoms with Gasteiger partial charge in [-0.15, -0.1) is 0 Å². The lowest BCUT2D eigenvalue weighted by Crippen LogP contribution is -1.91. The van der Waals surface area contributed by atoms with Crippen molar-refractivity contribution in [2.24, 2.45) is 0 Å². The van der Waals surface area contributed by atoms with Crippen LogP contribution in [0.1, 0.15) is 44.6 Å². The SMILES string of the molecule is C=C(CCCCCC)c1ccccc1OC. The average Bonchev–Trinajstić information content (AvgIpc) is 2.34. The van der Waals surface area contributed by atoms with Crippen LogP contribution in [-0.2, 0) is 0 Å². The first-order chi connectivity index (χ1) is 7.79. The van der Waals surface area contributed by atoms with Crippen molar-refractivity contribution >= 4 is 5.57 Å². The minimum atomic E-state index is 0.933. The average molecular weight is 218 g/mol. The Hall–Kier alpha value is -1.24. The first-order valence-corrected chi connectivity index (χ1v) is 6.10. The molecule has 0 saturated heterocycles. The van der Waals surface area contributed by atoms with Crippen molar-refractivity contribution in [2.45, 2.75) is 39.0 Å². The van der Waals surface area contributed by atoms with Crippen LogP contribution < -0.4 is 4.74 Å². The first kappa shape index (κ1) is 12.8. The molecule has 1 heteroatoms. The molecule has 88 valence electrons. The van der Waals surface area contributed by atoms with Crippen molar-refractivity contribution < 1.29 is 4.74 Å². The van der Waals surface area contributed by atoms with Crippen LogP contribution in [0.2, 0.25) is 0 Å². The van der Waals surface area contributed by atoms with Crippen molar-refractivity contribution in [1.29, 1.82) is 0 Å². The van der Waals surface area contributed by atoms with Gasteiger partial charge in [0.1, 0.15) is 5.75 Å². The molecule has 0 aliphatic heterocycles. The van der Waals surface area contributed by atoms with Gasteiger partial charge >= 0.3 is 0 Å².